The van der Waals surface area contributed by atoms with E-state index in [0.717, 1.165) is 56.3 Å². The molecule has 0 amide bonds. The average Bonchev–Trinajstić information content (AvgIpc) is 3.13. The summed E-state index contributed by atoms with van der Waals surface area (Å²) in [6.07, 6.45) is 28.2. The van der Waals surface area contributed by atoms with Crippen LogP contribution >= 0.6 is 0 Å². The van der Waals surface area contributed by atoms with Crippen molar-refractivity contribution in [1.82, 2.24) is 9.80 Å². The van der Waals surface area contributed by atoms with E-state index in [0.29, 0.717) is 11.8 Å². The van der Waals surface area contributed by atoms with Crippen LogP contribution < -0.4 is 0 Å². The summed E-state index contributed by atoms with van der Waals surface area (Å²) in [4.78, 5) is 10.1. The van der Waals surface area contributed by atoms with Crippen LogP contribution in [0.25, 0.3) is 0 Å². The van der Waals surface area contributed by atoms with Gasteiger partial charge in [0.05, 0.1) is 5.70 Å². The van der Waals surface area contributed by atoms with Gasteiger partial charge in [0, 0.05) is 23.5 Å². The number of nitrogens with zero attached hydrogens (tertiary/aromatic N) is 3. The fraction of sp³-hybridized carbons (Fsp3) is 0.500. The Balaban J connectivity index is 2.03. The fourth-order valence-electron chi connectivity index (χ4n) is 4.84. The molecule has 33 heavy (non-hydrogen) atoms. The molecule has 0 aromatic carbocycles. The average molecular weight is 446 g/mol. The molecule has 3 atom stereocenters. The lowest BCUT2D eigenvalue weighted by Gasteiger charge is -2.38. The van der Waals surface area contributed by atoms with Gasteiger partial charge in [-0.05, 0) is 75.5 Å². The second kappa shape index (κ2) is 12.1. The second-order valence-electron chi connectivity index (χ2n) is 9.36. The first-order valence-corrected chi connectivity index (χ1v) is 12.9. The molecule has 0 aromatic heterocycles. The predicted molar refractivity (Wildman–Crippen MR) is 143 cm³/mol. The van der Waals surface area contributed by atoms with Crippen LogP contribution in [0, 0.1) is 11.8 Å². The third kappa shape index (κ3) is 5.69. The van der Waals surface area contributed by atoms with Crippen LogP contribution in [0.5, 0.6) is 0 Å². The first kappa shape index (κ1) is 25.1. The minimum absolute atomic E-state index is 0.235. The molecule has 0 saturated carbocycles. The Hall–Kier alpha value is -2.55. The summed E-state index contributed by atoms with van der Waals surface area (Å²) in [6, 6.07) is 0. The lowest BCUT2D eigenvalue weighted by Crippen LogP contribution is -2.40. The predicted octanol–water partition coefficient (Wildman–Crippen LogP) is 8.25. The Morgan fingerprint density at radius 3 is 2.67 bits per heavy atom. The SMILES string of the molecule is C=C(C=NC1=C(C)N(C2=CC=CCC2CC=CCC)C(CC)N1C1=CCCC=C1)C(C)CC. The molecule has 1 aliphatic heterocycles. The van der Waals surface area contributed by atoms with Crippen LogP contribution in [0.1, 0.15) is 79.6 Å². The largest absolute Gasteiger partial charge is 0.324 e. The molecule has 1 heterocycles. The van der Waals surface area contributed by atoms with Crippen LogP contribution in [0.2, 0.25) is 0 Å². The third-order valence-corrected chi connectivity index (χ3v) is 7.07. The lowest BCUT2D eigenvalue weighted by atomic mass is 9.91. The highest BCUT2D eigenvalue weighted by Gasteiger charge is 2.40. The van der Waals surface area contributed by atoms with Gasteiger partial charge < -0.3 is 9.80 Å². The third-order valence-electron chi connectivity index (χ3n) is 7.07. The molecular formula is C30H43N3. The number of rotatable bonds is 10. The summed E-state index contributed by atoms with van der Waals surface area (Å²) in [5, 5.41) is 0. The lowest BCUT2D eigenvalue weighted by molar-refractivity contribution is 0.182. The molecule has 0 bridgehead atoms. The summed E-state index contributed by atoms with van der Waals surface area (Å²) in [5.41, 5.74) is 5.02. The molecule has 0 N–H and O–H groups in total. The maximum atomic E-state index is 5.08. The standard InChI is InChI=1S/C30H43N3/c1-7-10-12-17-26-18-15-16-21-28(26)32-25(6)30(31-22-24(5)23(4)8-2)33(29(32)9-3)27-19-13-11-14-20-27/h10,12-13,15-16,19-23,26,29H,5,7-9,11,14,17-18H2,1-4,6H3. The molecule has 3 heteroatoms. The molecule has 3 aliphatic rings. The molecule has 2 aliphatic carbocycles. The van der Waals surface area contributed by atoms with Crippen molar-refractivity contribution in [2.75, 3.05) is 0 Å². The highest BCUT2D eigenvalue weighted by atomic mass is 15.5. The van der Waals surface area contributed by atoms with Gasteiger partial charge in [-0.15, -0.1) is 0 Å². The van der Waals surface area contributed by atoms with Crippen molar-refractivity contribution in [3.8, 4) is 0 Å². The van der Waals surface area contributed by atoms with E-state index < -0.39 is 0 Å². The molecule has 3 nitrogen and oxygen atoms in total. The summed E-state index contributed by atoms with van der Waals surface area (Å²) < 4.78 is 0. The smallest absolute Gasteiger partial charge is 0.154 e. The Morgan fingerprint density at radius 2 is 2.00 bits per heavy atom. The maximum absolute atomic E-state index is 5.08. The van der Waals surface area contributed by atoms with Crippen molar-refractivity contribution in [1.29, 1.82) is 0 Å². The fourth-order valence-corrected chi connectivity index (χ4v) is 4.84. The van der Waals surface area contributed by atoms with Crippen LogP contribution in [0.3, 0.4) is 0 Å². The maximum Gasteiger partial charge on any atom is 0.154 e. The summed E-state index contributed by atoms with van der Waals surface area (Å²) in [7, 11) is 0. The van der Waals surface area contributed by atoms with Gasteiger partial charge in [-0.1, -0.05) is 70.7 Å². The molecule has 0 radical (unpaired) electrons. The van der Waals surface area contributed by atoms with Gasteiger partial charge in [0.15, 0.2) is 5.82 Å². The second-order valence-corrected chi connectivity index (χ2v) is 9.36. The van der Waals surface area contributed by atoms with E-state index in [2.05, 4.69) is 99.6 Å². The zero-order valence-electron chi connectivity index (χ0n) is 21.4. The van der Waals surface area contributed by atoms with Gasteiger partial charge >= 0.3 is 0 Å². The van der Waals surface area contributed by atoms with Crippen LogP contribution in [0.4, 0.5) is 0 Å². The van der Waals surface area contributed by atoms with E-state index in [1.165, 1.54) is 17.1 Å². The van der Waals surface area contributed by atoms with E-state index >= 15 is 0 Å². The normalized spacial score (nSPS) is 24.3. The number of hydrogen-bond acceptors (Lipinski definition) is 3. The minimum atomic E-state index is 0.235. The monoisotopic (exact) mass is 445 g/mol. The molecule has 0 spiro atoms. The topological polar surface area (TPSA) is 18.8 Å². The van der Waals surface area contributed by atoms with Crippen molar-refractivity contribution in [2.24, 2.45) is 16.8 Å². The first-order valence-electron chi connectivity index (χ1n) is 12.9. The summed E-state index contributed by atoms with van der Waals surface area (Å²) >= 11 is 0. The van der Waals surface area contributed by atoms with Gasteiger partial charge in [-0.3, -0.25) is 0 Å². The van der Waals surface area contributed by atoms with Crippen molar-refractivity contribution in [2.45, 2.75) is 85.7 Å². The van der Waals surface area contributed by atoms with E-state index in [-0.39, 0.29) is 6.17 Å². The minimum Gasteiger partial charge on any atom is -0.324 e. The van der Waals surface area contributed by atoms with E-state index in [9.17, 15) is 0 Å². The van der Waals surface area contributed by atoms with Crippen LogP contribution in [-0.2, 0) is 0 Å². The summed E-state index contributed by atoms with van der Waals surface area (Å²) in [5.74, 6) is 2.00. The highest BCUT2D eigenvalue weighted by molar-refractivity contribution is 5.79. The van der Waals surface area contributed by atoms with E-state index in [4.69, 9.17) is 4.99 Å². The Morgan fingerprint density at radius 1 is 1.18 bits per heavy atom. The molecule has 178 valence electrons. The molecule has 3 unspecified atom stereocenters. The molecule has 0 fully saturated rings. The van der Waals surface area contributed by atoms with Crippen molar-refractivity contribution >= 4 is 6.21 Å². The Bertz CT molecular complexity index is 909. The zero-order valence-corrected chi connectivity index (χ0v) is 21.4. The number of hydrogen-bond donors (Lipinski definition) is 0. The van der Waals surface area contributed by atoms with Gasteiger partial charge in [-0.2, -0.15) is 0 Å². The van der Waals surface area contributed by atoms with Crippen molar-refractivity contribution < 1.29 is 0 Å². The quantitative estimate of drug-likeness (QED) is 0.249. The molecular weight excluding hydrogens is 402 g/mol. The number of aliphatic imine (C=N–C) groups is 1. The molecule has 0 aromatic rings. The van der Waals surface area contributed by atoms with Gasteiger partial charge in [0.1, 0.15) is 6.17 Å². The summed E-state index contributed by atoms with van der Waals surface area (Å²) in [6.45, 7) is 15.5. The van der Waals surface area contributed by atoms with Crippen LogP contribution in [0.15, 0.2) is 88.7 Å². The Labute approximate surface area is 202 Å². The molecule has 0 saturated heterocycles. The van der Waals surface area contributed by atoms with Crippen molar-refractivity contribution in [3.05, 3.63) is 83.7 Å². The van der Waals surface area contributed by atoms with Gasteiger partial charge in [0.25, 0.3) is 0 Å². The van der Waals surface area contributed by atoms with Crippen molar-refractivity contribution in [3.63, 3.8) is 0 Å². The van der Waals surface area contributed by atoms with Crippen LogP contribution in [-0.4, -0.2) is 22.2 Å². The molecule has 3 rings (SSSR count). The van der Waals surface area contributed by atoms with Gasteiger partial charge in [-0.25, -0.2) is 4.99 Å². The Kier molecular flexibility index (Phi) is 9.17. The van der Waals surface area contributed by atoms with E-state index in [1.807, 2.05) is 6.21 Å². The highest BCUT2D eigenvalue weighted by Crippen LogP contribution is 2.42. The van der Waals surface area contributed by atoms with E-state index in [1.54, 1.807) is 0 Å². The number of allylic oxidation sites excluding steroid dienone is 11. The first-order chi connectivity index (χ1) is 16.0. The van der Waals surface area contributed by atoms with Gasteiger partial charge in [0.2, 0.25) is 0 Å². The zero-order chi connectivity index (χ0) is 23.8.